The van der Waals surface area contributed by atoms with Crippen LogP contribution < -0.4 is 0 Å². The Kier molecular flexibility index (Phi) is 1.51. The molecular weight excluding hydrogens is 102 g/mol. The van der Waals surface area contributed by atoms with Crippen molar-refractivity contribution in [2.24, 2.45) is 11.1 Å². The summed E-state index contributed by atoms with van der Waals surface area (Å²) in [6, 6.07) is 0. The van der Waals surface area contributed by atoms with Gasteiger partial charge in [-0.3, -0.25) is 0 Å². The first-order valence-electron chi connectivity index (χ1n) is 3.02. The summed E-state index contributed by atoms with van der Waals surface area (Å²) in [5.41, 5.74) is 0.970. The van der Waals surface area contributed by atoms with E-state index in [0.29, 0.717) is 0 Å². The van der Waals surface area contributed by atoms with Gasteiger partial charge in [-0.25, -0.2) is 0 Å². The van der Waals surface area contributed by atoms with Crippen molar-refractivity contribution in [3.63, 3.8) is 0 Å². The highest BCUT2D eigenvalue weighted by Gasteiger charge is 2.15. The predicted molar refractivity (Wildman–Crippen MR) is 32.2 cm³/mol. The van der Waals surface area contributed by atoms with Crippen molar-refractivity contribution in [1.82, 2.24) is 0 Å². The number of oxime groups is 1. The third kappa shape index (κ3) is 0.997. The summed E-state index contributed by atoms with van der Waals surface area (Å²) in [6.45, 7) is 2.18. The molecule has 2 nitrogen and oxygen atoms in total. The Balaban J connectivity index is 2.44. The summed E-state index contributed by atoms with van der Waals surface area (Å²) in [6.07, 6.45) is 3.19. The molecule has 1 atom stereocenters. The molecule has 1 N–H and O–H groups in total. The van der Waals surface area contributed by atoms with Crippen LogP contribution in [0.4, 0.5) is 0 Å². The second-order valence-corrected chi connectivity index (χ2v) is 2.51. The predicted octanol–water partition coefficient (Wildman–Crippen LogP) is 1.64. The molecule has 0 heterocycles. The lowest BCUT2D eigenvalue weighted by atomic mass is 10.1. The summed E-state index contributed by atoms with van der Waals surface area (Å²) < 4.78 is 0. The first-order chi connectivity index (χ1) is 3.83. The van der Waals surface area contributed by atoms with Crippen molar-refractivity contribution in [3.05, 3.63) is 0 Å². The van der Waals surface area contributed by atoms with Gasteiger partial charge in [-0.05, 0) is 25.2 Å². The Bertz CT molecular complexity index is 109. The molecule has 0 unspecified atom stereocenters. The fraction of sp³-hybridized carbons (Fsp3) is 0.833. The maximum absolute atomic E-state index is 8.27. The summed E-state index contributed by atoms with van der Waals surface area (Å²) in [7, 11) is 0. The van der Waals surface area contributed by atoms with E-state index >= 15 is 0 Å². The molecule has 0 saturated heterocycles. The van der Waals surface area contributed by atoms with Gasteiger partial charge in [-0.1, -0.05) is 12.1 Å². The highest BCUT2D eigenvalue weighted by Crippen LogP contribution is 2.21. The van der Waals surface area contributed by atoms with Crippen molar-refractivity contribution in [2.45, 2.75) is 26.2 Å². The van der Waals surface area contributed by atoms with Crippen LogP contribution in [-0.4, -0.2) is 10.9 Å². The maximum Gasteiger partial charge on any atom is 0.0573 e. The van der Waals surface area contributed by atoms with Crippen LogP contribution >= 0.6 is 0 Å². The fourth-order valence-electron chi connectivity index (χ4n) is 1.11. The smallest absolute Gasteiger partial charge is 0.0573 e. The number of nitrogens with zero attached hydrogens (tertiary/aromatic N) is 1. The van der Waals surface area contributed by atoms with Gasteiger partial charge in [0.15, 0.2) is 0 Å². The quantitative estimate of drug-likeness (QED) is 0.376. The SMILES string of the molecule is C[C@H]1CC/C(=N/O)C1. The molecule has 0 aromatic rings. The Morgan fingerprint density at radius 3 is 2.75 bits per heavy atom. The molecule has 46 valence electrons. The molecule has 8 heavy (non-hydrogen) atoms. The van der Waals surface area contributed by atoms with Crippen LogP contribution in [0, 0.1) is 5.92 Å². The van der Waals surface area contributed by atoms with Crippen LogP contribution in [0.3, 0.4) is 0 Å². The molecule has 0 aliphatic heterocycles. The number of rotatable bonds is 0. The van der Waals surface area contributed by atoms with Crippen molar-refractivity contribution in [1.29, 1.82) is 0 Å². The van der Waals surface area contributed by atoms with E-state index in [2.05, 4.69) is 12.1 Å². The molecule has 0 aromatic heterocycles. The average molecular weight is 113 g/mol. The minimum atomic E-state index is 0.737. The largest absolute Gasteiger partial charge is 0.411 e. The van der Waals surface area contributed by atoms with Gasteiger partial charge in [-0.2, -0.15) is 0 Å². The van der Waals surface area contributed by atoms with Crippen LogP contribution in [0.5, 0.6) is 0 Å². The molecule has 0 aromatic carbocycles. The first-order valence-corrected chi connectivity index (χ1v) is 3.02. The Hall–Kier alpha value is -0.530. The van der Waals surface area contributed by atoms with Crippen LogP contribution in [-0.2, 0) is 0 Å². The van der Waals surface area contributed by atoms with E-state index in [0.717, 1.165) is 24.5 Å². The van der Waals surface area contributed by atoms with Gasteiger partial charge < -0.3 is 5.21 Å². The molecule has 0 radical (unpaired) electrons. The highest BCUT2D eigenvalue weighted by atomic mass is 16.4. The van der Waals surface area contributed by atoms with Gasteiger partial charge in [0.1, 0.15) is 0 Å². The molecule has 1 saturated carbocycles. The lowest BCUT2D eigenvalue weighted by Crippen LogP contribution is -1.89. The monoisotopic (exact) mass is 113 g/mol. The van der Waals surface area contributed by atoms with E-state index in [1.165, 1.54) is 6.42 Å². The Morgan fingerprint density at radius 2 is 2.50 bits per heavy atom. The highest BCUT2D eigenvalue weighted by molar-refractivity contribution is 5.85. The van der Waals surface area contributed by atoms with Crippen molar-refractivity contribution >= 4 is 5.71 Å². The maximum atomic E-state index is 8.27. The van der Waals surface area contributed by atoms with E-state index in [-0.39, 0.29) is 0 Å². The zero-order valence-electron chi connectivity index (χ0n) is 5.09. The minimum Gasteiger partial charge on any atom is -0.411 e. The van der Waals surface area contributed by atoms with E-state index in [9.17, 15) is 0 Å². The number of hydrogen-bond donors (Lipinski definition) is 1. The molecule has 1 aliphatic carbocycles. The summed E-state index contributed by atoms with van der Waals surface area (Å²) >= 11 is 0. The molecule has 0 amide bonds. The molecule has 1 aliphatic rings. The third-order valence-electron chi connectivity index (χ3n) is 1.65. The van der Waals surface area contributed by atoms with Crippen molar-refractivity contribution in [3.8, 4) is 0 Å². The van der Waals surface area contributed by atoms with Crippen LogP contribution in [0.2, 0.25) is 0 Å². The lowest BCUT2D eigenvalue weighted by Gasteiger charge is -1.91. The first kappa shape index (κ1) is 5.60. The van der Waals surface area contributed by atoms with Gasteiger partial charge in [0.05, 0.1) is 5.71 Å². The van der Waals surface area contributed by atoms with E-state index in [1.54, 1.807) is 0 Å². The summed E-state index contributed by atoms with van der Waals surface area (Å²) in [5.74, 6) is 0.737. The fourth-order valence-corrected chi connectivity index (χ4v) is 1.11. The summed E-state index contributed by atoms with van der Waals surface area (Å²) in [5, 5.41) is 11.4. The van der Waals surface area contributed by atoms with E-state index in [1.807, 2.05) is 0 Å². The van der Waals surface area contributed by atoms with E-state index < -0.39 is 0 Å². The zero-order chi connectivity index (χ0) is 5.98. The van der Waals surface area contributed by atoms with Crippen LogP contribution in [0.15, 0.2) is 5.16 Å². The molecule has 0 spiro atoms. The average Bonchev–Trinajstić information content (AvgIpc) is 2.14. The second kappa shape index (κ2) is 2.16. The normalized spacial score (nSPS) is 34.1. The minimum absolute atomic E-state index is 0.737. The molecule has 2 heteroatoms. The molecule has 1 fully saturated rings. The van der Waals surface area contributed by atoms with Crippen LogP contribution in [0.1, 0.15) is 26.2 Å². The topological polar surface area (TPSA) is 32.6 Å². The van der Waals surface area contributed by atoms with Gasteiger partial charge in [-0.15, -0.1) is 0 Å². The zero-order valence-corrected chi connectivity index (χ0v) is 5.09. The molecule has 1 rings (SSSR count). The Labute approximate surface area is 49.2 Å². The lowest BCUT2D eigenvalue weighted by molar-refractivity contribution is 0.317. The Morgan fingerprint density at radius 1 is 1.75 bits per heavy atom. The van der Waals surface area contributed by atoms with Gasteiger partial charge in [0.25, 0.3) is 0 Å². The number of hydrogen-bond acceptors (Lipinski definition) is 2. The van der Waals surface area contributed by atoms with Gasteiger partial charge in [0.2, 0.25) is 0 Å². The summed E-state index contributed by atoms with van der Waals surface area (Å²) in [4.78, 5) is 0. The third-order valence-corrected chi connectivity index (χ3v) is 1.65. The van der Waals surface area contributed by atoms with Crippen LogP contribution in [0.25, 0.3) is 0 Å². The molecule has 0 bridgehead atoms. The molecular formula is C6H11NO. The van der Waals surface area contributed by atoms with Gasteiger partial charge >= 0.3 is 0 Å². The second-order valence-electron chi connectivity index (χ2n) is 2.51. The standard InChI is InChI=1S/C6H11NO/c1-5-2-3-6(4-5)7-8/h5,8H,2-4H2,1H3/b7-6-/t5-/m0/s1. The van der Waals surface area contributed by atoms with Crippen molar-refractivity contribution in [2.75, 3.05) is 0 Å². The van der Waals surface area contributed by atoms with Gasteiger partial charge in [0, 0.05) is 0 Å². The van der Waals surface area contributed by atoms with Crippen molar-refractivity contribution < 1.29 is 5.21 Å². The van der Waals surface area contributed by atoms with E-state index in [4.69, 9.17) is 5.21 Å².